The third kappa shape index (κ3) is 4.29. The van der Waals surface area contributed by atoms with Crippen LogP contribution in [0.25, 0.3) is 0 Å². The van der Waals surface area contributed by atoms with Crippen LogP contribution in [0.3, 0.4) is 0 Å². The molecule has 0 bridgehead atoms. The number of nitrogens with zero attached hydrogens (tertiary/aromatic N) is 3. The highest BCUT2D eigenvalue weighted by Gasteiger charge is 2.44. The molecule has 1 aromatic rings. The van der Waals surface area contributed by atoms with Crippen molar-refractivity contribution in [3.05, 3.63) is 51.4 Å². The Kier molecular flexibility index (Phi) is 5.41. The predicted octanol–water partition coefficient (Wildman–Crippen LogP) is 2.08. The Hall–Kier alpha value is -1.48. The fraction of sp³-hybridized carbons (Fsp3) is 0.417. The van der Waals surface area contributed by atoms with E-state index in [4.69, 9.17) is 39.3 Å². The molecule has 0 radical (unpaired) electrons. The van der Waals surface area contributed by atoms with E-state index in [0.29, 0.717) is 18.0 Å². The van der Waals surface area contributed by atoms with Gasteiger partial charge in [0.1, 0.15) is 0 Å². The van der Waals surface area contributed by atoms with Crippen molar-refractivity contribution in [3.63, 3.8) is 0 Å². The van der Waals surface area contributed by atoms with Crippen LogP contribution in [-0.4, -0.2) is 36.5 Å². The Morgan fingerprint density at radius 3 is 2.87 bits per heavy atom. The van der Waals surface area contributed by atoms with E-state index in [1.165, 1.54) is 4.90 Å². The number of nitro groups is 1. The number of aliphatic hydroxyl groups is 1. The van der Waals surface area contributed by atoms with Gasteiger partial charge in [-0.3, -0.25) is 10.1 Å². The molecule has 11 heteroatoms. The molecular formula is C12H13Cl3N4O4. The summed E-state index contributed by atoms with van der Waals surface area (Å²) in [5.41, 5.74) is 0.0286. The lowest BCUT2D eigenvalue weighted by Crippen LogP contribution is -2.40. The third-order valence-corrected chi connectivity index (χ3v) is 3.59. The number of halogens is 3. The van der Waals surface area contributed by atoms with Crippen molar-refractivity contribution in [3.8, 4) is 0 Å². The lowest BCUT2D eigenvalue weighted by molar-refractivity contribution is -0.438. The molecule has 0 saturated heterocycles. The molecule has 2 heterocycles. The largest absolute Gasteiger partial charge is 0.378 e. The SMILES string of the molecule is Cc1cc(CN2C=CCNC2=C(C(O)C(Cl)(Cl)Cl)[N+](=O)[O-])on1. The van der Waals surface area contributed by atoms with Crippen LogP contribution in [-0.2, 0) is 6.54 Å². The maximum atomic E-state index is 11.4. The topological polar surface area (TPSA) is 105 Å². The average molecular weight is 384 g/mol. The Labute approximate surface area is 146 Å². The Balaban J connectivity index is 2.41. The average Bonchev–Trinajstić information content (AvgIpc) is 2.85. The summed E-state index contributed by atoms with van der Waals surface area (Å²) >= 11 is 16.8. The van der Waals surface area contributed by atoms with Gasteiger partial charge in [0.15, 0.2) is 17.7 Å². The number of hydrogen-bond donors (Lipinski definition) is 2. The molecule has 8 nitrogen and oxygen atoms in total. The molecule has 0 saturated carbocycles. The van der Waals surface area contributed by atoms with E-state index in [9.17, 15) is 15.2 Å². The van der Waals surface area contributed by atoms with Gasteiger partial charge in [0, 0.05) is 18.8 Å². The van der Waals surface area contributed by atoms with Crippen LogP contribution in [0.1, 0.15) is 11.5 Å². The summed E-state index contributed by atoms with van der Waals surface area (Å²) in [6.07, 6.45) is 1.43. The molecule has 0 fully saturated rings. The van der Waals surface area contributed by atoms with Crippen LogP contribution >= 0.6 is 34.8 Å². The molecule has 1 aromatic heterocycles. The first-order valence-electron chi connectivity index (χ1n) is 6.43. The Morgan fingerprint density at radius 1 is 1.65 bits per heavy atom. The first-order chi connectivity index (χ1) is 10.7. The van der Waals surface area contributed by atoms with Gasteiger partial charge in [-0.05, 0) is 13.0 Å². The van der Waals surface area contributed by atoms with E-state index in [2.05, 4.69) is 10.5 Å². The summed E-state index contributed by atoms with van der Waals surface area (Å²) in [4.78, 5) is 12.1. The van der Waals surface area contributed by atoms with Gasteiger partial charge in [0.2, 0.25) is 3.79 Å². The van der Waals surface area contributed by atoms with Crippen molar-refractivity contribution in [2.24, 2.45) is 0 Å². The van der Waals surface area contributed by atoms with Gasteiger partial charge in [0.05, 0.1) is 17.2 Å². The summed E-state index contributed by atoms with van der Waals surface area (Å²) < 4.78 is 2.85. The molecule has 1 aliphatic heterocycles. The summed E-state index contributed by atoms with van der Waals surface area (Å²) in [7, 11) is 0. The second-order valence-electron chi connectivity index (χ2n) is 4.76. The maximum Gasteiger partial charge on any atom is 0.318 e. The van der Waals surface area contributed by atoms with Crippen molar-refractivity contribution >= 4 is 34.8 Å². The number of aliphatic hydroxyl groups excluding tert-OH is 1. The summed E-state index contributed by atoms with van der Waals surface area (Å²) in [6, 6.07) is 1.69. The van der Waals surface area contributed by atoms with Gasteiger partial charge in [0.25, 0.3) is 0 Å². The van der Waals surface area contributed by atoms with Gasteiger partial charge < -0.3 is 19.8 Å². The molecule has 126 valence electrons. The quantitative estimate of drug-likeness (QED) is 0.466. The van der Waals surface area contributed by atoms with Gasteiger partial charge in [-0.15, -0.1) is 0 Å². The molecule has 23 heavy (non-hydrogen) atoms. The van der Waals surface area contributed by atoms with E-state index in [1.807, 2.05) is 0 Å². The van der Waals surface area contributed by atoms with E-state index in [-0.39, 0.29) is 12.4 Å². The molecule has 2 rings (SSSR count). The van der Waals surface area contributed by atoms with Crippen LogP contribution in [0.5, 0.6) is 0 Å². The van der Waals surface area contributed by atoms with Crippen molar-refractivity contribution in [1.82, 2.24) is 15.4 Å². The summed E-state index contributed by atoms with van der Waals surface area (Å²) in [6.45, 7) is 2.23. The second-order valence-corrected chi connectivity index (χ2v) is 7.13. The zero-order valence-electron chi connectivity index (χ0n) is 11.9. The molecular weight excluding hydrogens is 371 g/mol. The lowest BCUT2D eigenvalue weighted by atomic mass is 10.2. The first-order valence-corrected chi connectivity index (χ1v) is 7.56. The second kappa shape index (κ2) is 6.96. The lowest BCUT2D eigenvalue weighted by Gasteiger charge is -2.28. The number of alkyl halides is 3. The van der Waals surface area contributed by atoms with Crippen LogP contribution < -0.4 is 5.32 Å². The molecule has 1 unspecified atom stereocenters. The monoisotopic (exact) mass is 382 g/mol. The minimum absolute atomic E-state index is 0.0189. The van der Waals surface area contributed by atoms with Crippen molar-refractivity contribution in [1.29, 1.82) is 0 Å². The minimum Gasteiger partial charge on any atom is -0.378 e. The first kappa shape index (κ1) is 17.9. The highest BCUT2D eigenvalue weighted by atomic mass is 35.6. The highest BCUT2D eigenvalue weighted by Crippen LogP contribution is 2.35. The van der Waals surface area contributed by atoms with E-state index >= 15 is 0 Å². The molecule has 0 aliphatic carbocycles. The number of aryl methyl sites for hydroxylation is 1. The number of hydrogen-bond acceptors (Lipinski definition) is 7. The Bertz CT molecular complexity index is 653. The zero-order valence-corrected chi connectivity index (χ0v) is 14.1. The predicted molar refractivity (Wildman–Crippen MR) is 84.2 cm³/mol. The third-order valence-electron chi connectivity index (χ3n) is 2.97. The number of aromatic nitrogens is 1. The molecule has 1 atom stereocenters. The van der Waals surface area contributed by atoms with Crippen LogP contribution in [0.4, 0.5) is 0 Å². The standard InChI is InChI=1S/C12H13Cl3N4O4/c1-7-5-8(23-17-7)6-18-4-2-3-16-11(18)9(19(21)22)10(20)12(13,14)15/h2,4-5,10,16,20H,3,6H2,1H3. The van der Waals surface area contributed by atoms with E-state index < -0.39 is 20.5 Å². The molecule has 1 aliphatic rings. The van der Waals surface area contributed by atoms with Crippen LogP contribution in [0, 0.1) is 17.0 Å². The van der Waals surface area contributed by atoms with Crippen LogP contribution in [0.2, 0.25) is 0 Å². The fourth-order valence-electron chi connectivity index (χ4n) is 2.01. The normalized spacial score (nSPS) is 18.6. The molecule has 0 aromatic carbocycles. The summed E-state index contributed by atoms with van der Waals surface area (Å²) in [5.74, 6) is 0.504. The molecule has 0 amide bonds. The van der Waals surface area contributed by atoms with Gasteiger partial charge >= 0.3 is 5.70 Å². The number of rotatable bonds is 4. The van der Waals surface area contributed by atoms with E-state index in [1.54, 1.807) is 25.3 Å². The van der Waals surface area contributed by atoms with Gasteiger partial charge in [-0.25, -0.2) is 0 Å². The van der Waals surface area contributed by atoms with E-state index in [0.717, 1.165) is 0 Å². The maximum absolute atomic E-state index is 11.4. The van der Waals surface area contributed by atoms with Crippen LogP contribution in [0.15, 0.2) is 34.4 Å². The van der Waals surface area contributed by atoms with Crippen molar-refractivity contribution in [2.45, 2.75) is 23.4 Å². The molecule has 2 N–H and O–H groups in total. The summed E-state index contributed by atoms with van der Waals surface area (Å²) in [5, 5.41) is 28.0. The zero-order chi connectivity index (χ0) is 17.2. The van der Waals surface area contributed by atoms with Gasteiger partial charge in [-0.2, -0.15) is 0 Å². The van der Waals surface area contributed by atoms with Crippen molar-refractivity contribution < 1.29 is 14.6 Å². The minimum atomic E-state index is -2.24. The fourth-order valence-corrected chi connectivity index (χ4v) is 2.32. The smallest absolute Gasteiger partial charge is 0.318 e. The van der Waals surface area contributed by atoms with Crippen molar-refractivity contribution in [2.75, 3.05) is 6.54 Å². The number of nitrogens with one attached hydrogen (secondary N) is 1. The van der Waals surface area contributed by atoms with Gasteiger partial charge in [-0.1, -0.05) is 40.0 Å². The highest BCUT2D eigenvalue weighted by molar-refractivity contribution is 6.68. The molecule has 0 spiro atoms. The Morgan fingerprint density at radius 2 is 2.35 bits per heavy atom.